The van der Waals surface area contributed by atoms with Crippen LogP contribution in [0, 0.1) is 0 Å². The van der Waals surface area contributed by atoms with E-state index in [2.05, 4.69) is 69.2 Å². The van der Waals surface area contributed by atoms with Crippen molar-refractivity contribution < 1.29 is 89.7 Å². The first-order valence-electron chi connectivity index (χ1n) is 40.3. The predicted octanol–water partition coefficient (Wildman–Crippen LogP) is 4.16. The van der Waals surface area contributed by atoms with Gasteiger partial charge >= 0.3 is 6.18 Å². The van der Waals surface area contributed by atoms with E-state index in [1.807, 2.05) is 77.1 Å². The molecular weight excluding hydrogens is 1630 g/mol. The van der Waals surface area contributed by atoms with Crippen LogP contribution in [0.5, 0.6) is 23.0 Å². The van der Waals surface area contributed by atoms with Crippen LogP contribution in [-0.4, -0.2) is 296 Å². The lowest BCUT2D eigenvalue weighted by molar-refractivity contribution is -0.137. The second-order valence-electron chi connectivity index (χ2n) is 29.5. The number of methoxy groups -OCH3 is 1. The fourth-order valence-corrected chi connectivity index (χ4v) is 12.3. The average molecular weight is 1740 g/mol. The molecule has 32 nitrogen and oxygen atoms in total. The van der Waals surface area contributed by atoms with E-state index in [-0.39, 0.29) is 98.9 Å². The molecule has 7 aromatic rings. The lowest BCUT2D eigenvalue weighted by Crippen LogP contribution is -2.47. The molecule has 7 aromatic carbocycles. The third kappa shape index (κ3) is 34.7. The first-order chi connectivity index (χ1) is 59.4. The molecule has 0 aromatic heterocycles. The van der Waals surface area contributed by atoms with Crippen LogP contribution in [0.15, 0.2) is 170 Å². The normalized spacial score (nSPS) is 14.2. The highest BCUT2D eigenvalue weighted by Crippen LogP contribution is 2.30. The molecule has 11 rings (SSSR count). The number of amides is 12. The molecule has 124 heavy (non-hydrogen) atoms. The maximum Gasteiger partial charge on any atom is 0.416 e. The van der Waals surface area contributed by atoms with E-state index in [4.69, 9.17) is 30.5 Å². The lowest BCUT2D eigenvalue weighted by Gasteiger charge is -2.32. The van der Waals surface area contributed by atoms with Gasteiger partial charge in [-0.15, -0.1) is 0 Å². The van der Waals surface area contributed by atoms with Crippen molar-refractivity contribution in [1.29, 1.82) is 0 Å². The molecular formula is C88H108ClF3N16O16. The molecule has 0 bridgehead atoms. The summed E-state index contributed by atoms with van der Waals surface area (Å²) in [5.74, 6) is -1.01. The van der Waals surface area contributed by atoms with Crippen molar-refractivity contribution in [3.8, 4) is 23.0 Å². The van der Waals surface area contributed by atoms with Gasteiger partial charge in [-0.2, -0.15) is 13.2 Å². The van der Waals surface area contributed by atoms with Crippen LogP contribution < -0.4 is 61.5 Å². The molecule has 0 unspecified atom stereocenters. The number of carbonyl (C=O) groups is 12. The zero-order valence-corrected chi connectivity index (χ0v) is 71.1. The van der Waals surface area contributed by atoms with Gasteiger partial charge in [0.2, 0.25) is 29.5 Å². The molecule has 4 saturated heterocycles. The van der Waals surface area contributed by atoms with E-state index in [9.17, 15) is 70.7 Å². The Bertz CT molecular complexity index is 4640. The van der Waals surface area contributed by atoms with Gasteiger partial charge in [0.05, 0.1) is 38.9 Å². The minimum atomic E-state index is -4.45. The Morgan fingerprint density at radius 1 is 0.306 bits per heavy atom. The maximum absolute atomic E-state index is 12.6. The second kappa shape index (κ2) is 50.0. The van der Waals surface area contributed by atoms with Crippen molar-refractivity contribution in [3.63, 3.8) is 0 Å². The number of nitrogens with one attached hydrogen (secondary N) is 8. The number of hydrogen-bond donors (Lipinski definition) is 8. The zero-order valence-electron chi connectivity index (χ0n) is 70.4. The molecule has 4 fully saturated rings. The third-order valence-electron chi connectivity index (χ3n) is 19.9. The van der Waals surface area contributed by atoms with Gasteiger partial charge in [-0.3, -0.25) is 57.5 Å². The fraction of sp³-hybridized carbons (Fsp3) is 0.386. The summed E-state index contributed by atoms with van der Waals surface area (Å²) in [5, 5.41) is 21.3. The van der Waals surface area contributed by atoms with Crippen LogP contribution in [0.2, 0.25) is 5.02 Å². The van der Waals surface area contributed by atoms with Gasteiger partial charge in [0.1, 0.15) is 23.0 Å². The molecule has 8 N–H and O–H groups in total. The Hall–Kier alpha value is -12.7. The first-order valence-corrected chi connectivity index (χ1v) is 40.6. The standard InChI is InChI=1S/C24H27F3N4O4.C24H30N4O5.C23H27ClN4O4.C17H24N4O3/c1-30-10-12-31(13-11-30)23(34)18-4-2-17(3-5-18)14-28-21(32)15-29-22(33)16-35-20-8-6-19(7-9-20)24(25,26)27;1-27-11-13-28(14-12-27)24(31)19-5-3-18(4-6-19)15-25-22(29)16-26-23(30)17-33-21-9-7-20(32-2)8-10-21;1-27-10-12-28(13-11-27)23(31)18-4-2-17(3-5-18)14-25-21(29)15-26-22(30)16-32-20-8-6-19(24)7-9-20;1-13(22)18-12-16(23)19-11-14-3-5-15(6-4-14)17(24)21-9-7-20(2)8-10-21/h2-9H,10-16H2,1H3,(H,28,32)(H,29,33);3-10H,11-17H2,1-2H3,(H,25,29)(H,26,30);2-9H,10-16H2,1H3,(H,25,29)(H,26,30);3-6H,7-12H2,1-2H3,(H,18,22)(H,19,23). The largest absolute Gasteiger partial charge is 0.497 e. The van der Waals surface area contributed by atoms with Gasteiger partial charge < -0.3 is 101 Å². The Morgan fingerprint density at radius 2 is 0.532 bits per heavy atom. The van der Waals surface area contributed by atoms with Crippen molar-refractivity contribution in [3.05, 3.63) is 225 Å². The van der Waals surface area contributed by atoms with E-state index in [0.717, 1.165) is 138 Å². The number of benzene rings is 7. The average Bonchev–Trinajstić information content (AvgIpc) is 0.857. The number of halogens is 4. The third-order valence-corrected chi connectivity index (χ3v) is 20.2. The number of carbonyl (C=O) groups excluding carboxylic acids is 12. The van der Waals surface area contributed by atoms with Crippen molar-refractivity contribution in [2.45, 2.75) is 39.3 Å². The van der Waals surface area contributed by atoms with Gasteiger partial charge in [-0.05, 0) is 172 Å². The number of alkyl halides is 3. The summed E-state index contributed by atoms with van der Waals surface area (Å²) in [4.78, 5) is 160. The quantitative estimate of drug-likeness (QED) is 0.0313. The number of rotatable bonds is 30. The van der Waals surface area contributed by atoms with E-state index < -0.39 is 42.0 Å². The minimum Gasteiger partial charge on any atom is -0.497 e. The minimum absolute atomic E-state index is 0.0186. The topological polar surface area (TPSA) is 364 Å². The van der Waals surface area contributed by atoms with Gasteiger partial charge in [0.25, 0.3) is 41.4 Å². The summed E-state index contributed by atoms with van der Waals surface area (Å²) in [6.45, 7) is 13.9. The van der Waals surface area contributed by atoms with Crippen LogP contribution in [0.1, 0.15) is 76.2 Å². The second-order valence-corrected chi connectivity index (χ2v) is 30.0. The number of nitrogens with zero attached hydrogens (tertiary/aromatic N) is 8. The van der Waals surface area contributed by atoms with Crippen molar-refractivity contribution in [2.24, 2.45) is 0 Å². The van der Waals surface area contributed by atoms with Gasteiger partial charge in [-0.25, -0.2) is 0 Å². The Balaban J connectivity index is 0.000000207. The number of hydrogen-bond acceptors (Lipinski definition) is 20. The summed E-state index contributed by atoms with van der Waals surface area (Å²) in [6.07, 6.45) is -4.45. The van der Waals surface area contributed by atoms with E-state index in [0.29, 0.717) is 77.2 Å². The van der Waals surface area contributed by atoms with Gasteiger partial charge in [-0.1, -0.05) is 60.1 Å². The Labute approximate surface area is 723 Å². The Morgan fingerprint density at radius 3 is 0.766 bits per heavy atom. The van der Waals surface area contributed by atoms with E-state index in [1.165, 1.54) is 6.92 Å². The summed E-state index contributed by atoms with van der Waals surface area (Å²) in [6, 6.07) is 46.1. The molecule has 12 amide bonds. The van der Waals surface area contributed by atoms with Crippen molar-refractivity contribution in [2.75, 3.05) is 186 Å². The number of ether oxygens (including phenoxy) is 4. The zero-order chi connectivity index (χ0) is 89.5. The number of likely N-dealkylation sites (N-methyl/N-ethyl adjacent to an activating group) is 4. The summed E-state index contributed by atoms with van der Waals surface area (Å²) in [7, 11) is 9.74. The molecule has 0 aliphatic carbocycles. The lowest BCUT2D eigenvalue weighted by atomic mass is 10.1. The molecule has 0 saturated carbocycles. The van der Waals surface area contributed by atoms with E-state index >= 15 is 0 Å². The number of piperazine rings is 4. The monoisotopic (exact) mass is 1740 g/mol. The molecule has 4 aliphatic heterocycles. The molecule has 0 radical (unpaired) electrons. The molecule has 0 atom stereocenters. The maximum atomic E-state index is 12.6. The van der Waals surface area contributed by atoms with Crippen LogP contribution in [0.4, 0.5) is 13.2 Å². The highest BCUT2D eigenvalue weighted by molar-refractivity contribution is 6.30. The fourth-order valence-electron chi connectivity index (χ4n) is 12.2. The van der Waals surface area contributed by atoms with Gasteiger partial charge in [0, 0.05) is 165 Å². The molecule has 36 heteroatoms. The van der Waals surface area contributed by atoms with E-state index in [1.54, 1.807) is 116 Å². The Kier molecular flexibility index (Phi) is 39.0. The highest BCUT2D eigenvalue weighted by Gasteiger charge is 2.31. The predicted molar refractivity (Wildman–Crippen MR) is 457 cm³/mol. The smallest absolute Gasteiger partial charge is 0.416 e. The van der Waals surface area contributed by atoms with Crippen molar-refractivity contribution >= 4 is 82.5 Å². The molecule has 4 heterocycles. The highest BCUT2D eigenvalue weighted by atomic mass is 35.5. The summed E-state index contributed by atoms with van der Waals surface area (Å²) < 4.78 is 58.6. The molecule has 4 aliphatic rings. The van der Waals surface area contributed by atoms with Gasteiger partial charge in [0.15, 0.2) is 19.8 Å². The summed E-state index contributed by atoms with van der Waals surface area (Å²) >= 11 is 5.79. The van der Waals surface area contributed by atoms with Crippen LogP contribution in [0.25, 0.3) is 0 Å². The van der Waals surface area contributed by atoms with Crippen LogP contribution in [0.3, 0.4) is 0 Å². The van der Waals surface area contributed by atoms with Crippen LogP contribution >= 0.6 is 11.6 Å². The SMILES string of the molecule is CC(=O)NCC(=O)NCc1ccc(C(=O)N2CCN(C)CC2)cc1.CN1CCN(C(=O)c2ccc(CNC(=O)CNC(=O)COc3ccc(C(F)(F)F)cc3)cc2)CC1.CN1CCN(C(=O)c2ccc(CNC(=O)CNC(=O)COc3ccc(Cl)cc3)cc2)CC1.COc1ccc(OCC(=O)NCC(=O)NCc2ccc(C(=O)N3CCN(C)CC3)cc2)cc1. The molecule has 0 spiro atoms. The molecule has 664 valence electrons. The van der Waals surface area contributed by atoms with Crippen LogP contribution in [-0.2, 0) is 70.7 Å². The van der Waals surface area contributed by atoms with Crippen molar-refractivity contribution in [1.82, 2.24) is 81.7 Å². The summed E-state index contributed by atoms with van der Waals surface area (Å²) in [5.41, 5.74) is 5.14. The first kappa shape index (κ1) is 96.8.